The van der Waals surface area contributed by atoms with E-state index in [0.717, 1.165) is 21.5 Å². The molecule has 1 aromatic rings. The van der Waals surface area contributed by atoms with Crippen LogP contribution >= 0.6 is 51.5 Å². The molecule has 3 nitrogen and oxygen atoms in total. The first-order valence-electron chi connectivity index (χ1n) is 5.22. The highest BCUT2D eigenvalue weighted by atomic mass is 127. The Hall–Kier alpha value is -0.270. The molecule has 6 heteroatoms. The molecule has 0 aliphatic rings. The first kappa shape index (κ1) is 17.7. The summed E-state index contributed by atoms with van der Waals surface area (Å²) in [6.45, 7) is 4.83. The number of guanidine groups is 1. The van der Waals surface area contributed by atoms with Crippen LogP contribution in [0.15, 0.2) is 40.3 Å². The number of halogens is 3. The Morgan fingerprint density at radius 2 is 2.28 bits per heavy atom. The van der Waals surface area contributed by atoms with Gasteiger partial charge in [0.2, 0.25) is 0 Å². The predicted molar refractivity (Wildman–Crippen MR) is 93.0 cm³/mol. The molecule has 0 aliphatic carbocycles. The lowest BCUT2D eigenvalue weighted by Gasteiger charge is -2.04. The number of nitrogens with two attached hydrogens (primary N) is 1. The summed E-state index contributed by atoms with van der Waals surface area (Å²) in [5.41, 5.74) is 6.77. The zero-order valence-electron chi connectivity index (χ0n) is 9.83. The molecule has 0 heterocycles. The van der Waals surface area contributed by atoms with Crippen LogP contribution in [0.5, 0.6) is 0 Å². The molecule has 0 saturated heterocycles. The zero-order chi connectivity index (χ0) is 12.7. The lowest BCUT2D eigenvalue weighted by molar-refractivity contribution is 0.926. The third kappa shape index (κ3) is 6.61. The molecule has 1 rings (SSSR count). The summed E-state index contributed by atoms with van der Waals surface area (Å²) in [6.07, 6.45) is 2.52. The smallest absolute Gasteiger partial charge is 0.188 e. The quantitative estimate of drug-likeness (QED) is 0.317. The van der Waals surface area contributed by atoms with Crippen molar-refractivity contribution in [1.29, 1.82) is 0 Å². The van der Waals surface area contributed by atoms with Crippen LogP contribution in [0.25, 0.3) is 0 Å². The van der Waals surface area contributed by atoms with Crippen molar-refractivity contribution in [1.82, 2.24) is 5.32 Å². The fraction of sp³-hybridized carbons (Fsp3) is 0.250. The largest absolute Gasteiger partial charge is 0.370 e. The van der Waals surface area contributed by atoms with Gasteiger partial charge in [-0.2, -0.15) is 0 Å². The minimum atomic E-state index is 0. The van der Waals surface area contributed by atoms with Crippen molar-refractivity contribution in [3.8, 4) is 0 Å². The van der Waals surface area contributed by atoms with E-state index < -0.39 is 0 Å². The molecule has 0 bridgehead atoms. The summed E-state index contributed by atoms with van der Waals surface area (Å²) in [6, 6.07) is 5.70. The third-order valence-corrected chi connectivity index (χ3v) is 3.11. The molecule has 3 N–H and O–H groups in total. The maximum atomic E-state index is 5.92. The summed E-state index contributed by atoms with van der Waals surface area (Å²) in [7, 11) is 0. The Bertz CT molecular complexity index is 424. The summed E-state index contributed by atoms with van der Waals surface area (Å²) in [5.74, 6) is 0.433. The Morgan fingerprint density at radius 1 is 1.56 bits per heavy atom. The Balaban J connectivity index is 0.00000289. The monoisotopic (exact) mass is 443 g/mol. The van der Waals surface area contributed by atoms with Gasteiger partial charge >= 0.3 is 0 Å². The number of rotatable bonds is 5. The maximum absolute atomic E-state index is 5.92. The van der Waals surface area contributed by atoms with E-state index in [-0.39, 0.29) is 24.0 Å². The highest BCUT2D eigenvalue weighted by Crippen LogP contribution is 2.21. The van der Waals surface area contributed by atoms with Crippen molar-refractivity contribution in [2.45, 2.75) is 6.42 Å². The van der Waals surface area contributed by atoms with Crippen LogP contribution in [0.3, 0.4) is 0 Å². The van der Waals surface area contributed by atoms with E-state index in [1.54, 1.807) is 6.08 Å². The third-order valence-electron chi connectivity index (χ3n) is 2.10. The SMILES string of the molecule is C=CCNC(N)=NCCc1cc(Cl)ccc1Br.I. The summed E-state index contributed by atoms with van der Waals surface area (Å²) < 4.78 is 1.04. The Labute approximate surface area is 138 Å². The fourth-order valence-electron chi connectivity index (χ4n) is 1.26. The fourth-order valence-corrected chi connectivity index (χ4v) is 1.90. The second kappa shape index (κ2) is 9.63. The van der Waals surface area contributed by atoms with Crippen LogP contribution in [0, 0.1) is 0 Å². The maximum Gasteiger partial charge on any atom is 0.188 e. The normalized spacial score (nSPS) is 10.7. The lowest BCUT2D eigenvalue weighted by atomic mass is 10.1. The van der Waals surface area contributed by atoms with Crippen LogP contribution in [0.4, 0.5) is 0 Å². The molecular weight excluding hydrogens is 428 g/mol. The van der Waals surface area contributed by atoms with E-state index in [0.29, 0.717) is 19.0 Å². The number of hydrogen-bond acceptors (Lipinski definition) is 1. The van der Waals surface area contributed by atoms with Gasteiger partial charge in [-0.3, -0.25) is 4.99 Å². The van der Waals surface area contributed by atoms with E-state index in [1.807, 2.05) is 18.2 Å². The van der Waals surface area contributed by atoms with Crippen LogP contribution < -0.4 is 11.1 Å². The van der Waals surface area contributed by atoms with Crippen molar-refractivity contribution < 1.29 is 0 Å². The predicted octanol–water partition coefficient (Wildman–Crippen LogP) is 3.35. The Kier molecular flexibility index (Phi) is 9.49. The average Bonchev–Trinajstić information content (AvgIpc) is 2.31. The van der Waals surface area contributed by atoms with E-state index in [9.17, 15) is 0 Å². The summed E-state index contributed by atoms with van der Waals surface area (Å²) in [4.78, 5) is 4.20. The Morgan fingerprint density at radius 3 is 2.94 bits per heavy atom. The summed E-state index contributed by atoms with van der Waals surface area (Å²) in [5, 5.41) is 3.64. The molecule has 1 aromatic carbocycles. The molecule has 0 unspecified atom stereocenters. The van der Waals surface area contributed by atoms with Crippen molar-refractivity contribution in [2.75, 3.05) is 13.1 Å². The van der Waals surface area contributed by atoms with Gasteiger partial charge in [0.05, 0.1) is 0 Å². The van der Waals surface area contributed by atoms with Gasteiger partial charge in [0.15, 0.2) is 5.96 Å². The number of nitrogens with one attached hydrogen (secondary N) is 1. The van der Waals surface area contributed by atoms with Gasteiger partial charge in [-0.25, -0.2) is 0 Å². The van der Waals surface area contributed by atoms with Crippen molar-refractivity contribution in [3.63, 3.8) is 0 Å². The second-order valence-corrected chi connectivity index (χ2v) is 4.71. The highest BCUT2D eigenvalue weighted by molar-refractivity contribution is 14.0. The van der Waals surface area contributed by atoms with Gasteiger partial charge in [-0.15, -0.1) is 30.6 Å². The molecule has 0 aromatic heterocycles. The van der Waals surface area contributed by atoms with Crippen molar-refractivity contribution >= 4 is 57.5 Å². The minimum absolute atomic E-state index is 0. The first-order valence-corrected chi connectivity index (χ1v) is 6.39. The number of aliphatic imine (C=N–C) groups is 1. The van der Waals surface area contributed by atoms with E-state index >= 15 is 0 Å². The van der Waals surface area contributed by atoms with Gasteiger partial charge < -0.3 is 11.1 Å². The number of benzene rings is 1. The molecular formula is C12H16BrClIN3. The van der Waals surface area contributed by atoms with Crippen molar-refractivity contribution in [3.05, 3.63) is 45.9 Å². The molecule has 0 atom stereocenters. The van der Waals surface area contributed by atoms with Crippen LogP contribution in [-0.2, 0) is 6.42 Å². The molecule has 0 amide bonds. The van der Waals surface area contributed by atoms with E-state index in [2.05, 4.69) is 32.8 Å². The van der Waals surface area contributed by atoms with Crippen LogP contribution in [0.2, 0.25) is 5.02 Å². The molecule has 18 heavy (non-hydrogen) atoms. The standard InChI is InChI=1S/C12H15BrClN3.HI/c1-2-6-16-12(15)17-7-5-9-8-10(14)3-4-11(9)13;/h2-4,8H,1,5-7H2,(H3,15,16,17);1H. The minimum Gasteiger partial charge on any atom is -0.370 e. The van der Waals surface area contributed by atoms with E-state index in [4.69, 9.17) is 17.3 Å². The van der Waals surface area contributed by atoms with Gasteiger partial charge in [-0.1, -0.05) is 33.6 Å². The topological polar surface area (TPSA) is 50.4 Å². The highest BCUT2D eigenvalue weighted by Gasteiger charge is 2.00. The number of nitrogens with zero attached hydrogens (tertiary/aromatic N) is 1. The average molecular weight is 445 g/mol. The second-order valence-electron chi connectivity index (χ2n) is 3.42. The van der Waals surface area contributed by atoms with Gasteiger partial charge in [-0.05, 0) is 30.2 Å². The van der Waals surface area contributed by atoms with Crippen molar-refractivity contribution in [2.24, 2.45) is 10.7 Å². The summed E-state index contributed by atoms with van der Waals surface area (Å²) >= 11 is 9.39. The van der Waals surface area contributed by atoms with Gasteiger partial charge in [0.1, 0.15) is 0 Å². The molecule has 0 radical (unpaired) electrons. The van der Waals surface area contributed by atoms with Crippen LogP contribution in [0.1, 0.15) is 5.56 Å². The molecule has 100 valence electrons. The lowest BCUT2D eigenvalue weighted by Crippen LogP contribution is -2.31. The molecule has 0 fully saturated rings. The van der Waals surface area contributed by atoms with E-state index in [1.165, 1.54) is 0 Å². The first-order chi connectivity index (χ1) is 8.13. The van der Waals surface area contributed by atoms with Gasteiger partial charge in [0.25, 0.3) is 0 Å². The van der Waals surface area contributed by atoms with Crippen LogP contribution in [-0.4, -0.2) is 19.0 Å². The number of hydrogen-bond donors (Lipinski definition) is 2. The molecule has 0 spiro atoms. The zero-order valence-corrected chi connectivity index (χ0v) is 14.5. The molecule has 0 aliphatic heterocycles. The van der Waals surface area contributed by atoms with Gasteiger partial charge in [0, 0.05) is 22.6 Å². The molecule has 0 saturated carbocycles.